The van der Waals surface area contributed by atoms with E-state index in [0.717, 1.165) is 24.3 Å². The van der Waals surface area contributed by atoms with Gasteiger partial charge < -0.3 is 40.9 Å². The summed E-state index contributed by atoms with van der Waals surface area (Å²) in [4.78, 5) is 37.0. The van der Waals surface area contributed by atoms with Crippen molar-refractivity contribution in [1.29, 1.82) is 0 Å². The Morgan fingerprint density at radius 1 is 0.567 bits per heavy atom. The Morgan fingerprint density at radius 3 is 0.767 bits per heavy atom. The first-order valence-corrected chi connectivity index (χ1v) is 7.68. The van der Waals surface area contributed by atoms with Crippen molar-refractivity contribution in [2.75, 3.05) is 26.4 Å². The van der Waals surface area contributed by atoms with Gasteiger partial charge in [-0.3, -0.25) is 0 Å². The molecule has 0 amide bonds. The fourth-order valence-electron chi connectivity index (χ4n) is 0.624. The Hall–Kier alpha value is -3.32. The molecule has 0 radical (unpaired) electrons. The molecule has 12 heteroatoms. The largest absolute Gasteiger partial charge is 0.478 e. The van der Waals surface area contributed by atoms with Crippen LogP contribution in [0.5, 0.6) is 0 Å². The second-order valence-electron chi connectivity index (χ2n) is 4.62. The summed E-state index contributed by atoms with van der Waals surface area (Å²) >= 11 is 0. The van der Waals surface area contributed by atoms with E-state index >= 15 is 0 Å². The van der Waals surface area contributed by atoms with Gasteiger partial charge in [-0.1, -0.05) is 26.3 Å². The maximum atomic E-state index is 9.25. The molecule has 0 aromatic carbocycles. The molecule has 0 bridgehead atoms. The number of carboxylic acid groups (broad SMARTS) is 4. The van der Waals surface area contributed by atoms with Gasteiger partial charge in [0.05, 0.1) is 19.8 Å². The summed E-state index contributed by atoms with van der Waals surface area (Å²) in [5.41, 5.74) is -0.908. The summed E-state index contributed by atoms with van der Waals surface area (Å²) < 4.78 is 0. The summed E-state index contributed by atoms with van der Waals surface area (Å²) in [5.74, 6) is -3.93. The van der Waals surface area contributed by atoms with Crippen LogP contribution >= 0.6 is 0 Å². The molecule has 0 saturated heterocycles. The fourth-order valence-corrected chi connectivity index (χ4v) is 0.624. The minimum Gasteiger partial charge on any atom is -0.478 e. The highest BCUT2D eigenvalue weighted by Gasteiger charge is 2.26. The number of aliphatic carboxylic acids is 4. The minimum absolute atomic E-state index is 0.137. The fraction of sp³-hybridized carbons (Fsp3) is 0.333. The van der Waals surface area contributed by atoms with Crippen molar-refractivity contribution in [3.8, 4) is 0 Å². The van der Waals surface area contributed by atoms with Gasteiger partial charge in [-0.2, -0.15) is 0 Å². The van der Waals surface area contributed by atoms with Crippen LogP contribution in [0.25, 0.3) is 0 Å². The monoisotopic (exact) mass is 438 g/mol. The first-order valence-electron chi connectivity index (χ1n) is 7.68. The van der Waals surface area contributed by atoms with E-state index in [1.807, 2.05) is 0 Å². The van der Waals surface area contributed by atoms with Gasteiger partial charge in [0, 0.05) is 36.3 Å². The molecule has 30 heavy (non-hydrogen) atoms. The van der Waals surface area contributed by atoms with Crippen LogP contribution in [0.15, 0.2) is 50.6 Å². The average molecular weight is 438 g/mol. The molecule has 0 rings (SSSR count). The van der Waals surface area contributed by atoms with Gasteiger partial charge in [0.15, 0.2) is 0 Å². The molecule has 0 heterocycles. The van der Waals surface area contributed by atoms with Crippen molar-refractivity contribution >= 4 is 23.9 Å². The topological polar surface area (TPSA) is 230 Å². The first-order chi connectivity index (χ1) is 13.8. The van der Waals surface area contributed by atoms with Crippen molar-refractivity contribution in [2.24, 2.45) is 5.41 Å². The lowest BCUT2D eigenvalue weighted by atomic mass is 9.88. The highest BCUT2D eigenvalue weighted by molar-refractivity contribution is 5.79. The highest BCUT2D eigenvalue weighted by atomic mass is 16.4. The molecule has 0 aliphatic rings. The Labute approximate surface area is 173 Å². The van der Waals surface area contributed by atoms with Gasteiger partial charge in [0.1, 0.15) is 0 Å². The van der Waals surface area contributed by atoms with Crippen LogP contribution in [-0.2, 0) is 19.2 Å². The maximum Gasteiger partial charge on any atom is 0.327 e. The predicted octanol–water partition coefficient (Wildman–Crippen LogP) is -0.640. The maximum absolute atomic E-state index is 9.25. The zero-order valence-electron chi connectivity index (χ0n) is 16.4. The van der Waals surface area contributed by atoms with Crippen molar-refractivity contribution in [3.63, 3.8) is 0 Å². The second-order valence-corrected chi connectivity index (χ2v) is 4.62. The summed E-state index contributed by atoms with van der Waals surface area (Å²) in [7, 11) is 0. The van der Waals surface area contributed by atoms with Crippen LogP contribution in [0.1, 0.15) is 6.42 Å². The zero-order valence-corrected chi connectivity index (χ0v) is 16.4. The molecule has 0 aliphatic heterocycles. The third-order valence-electron chi connectivity index (χ3n) is 2.35. The third-order valence-corrected chi connectivity index (χ3v) is 2.35. The number of aliphatic hydroxyl groups excluding tert-OH is 4. The quantitative estimate of drug-likeness (QED) is 0.210. The lowest BCUT2D eigenvalue weighted by Crippen LogP contribution is -2.34. The van der Waals surface area contributed by atoms with Crippen molar-refractivity contribution in [3.05, 3.63) is 50.6 Å². The van der Waals surface area contributed by atoms with E-state index in [9.17, 15) is 19.2 Å². The molecule has 0 fully saturated rings. The van der Waals surface area contributed by atoms with Crippen LogP contribution in [-0.4, -0.2) is 91.2 Å². The molecule has 174 valence electrons. The van der Waals surface area contributed by atoms with E-state index < -0.39 is 29.3 Å². The zero-order chi connectivity index (χ0) is 25.2. The van der Waals surface area contributed by atoms with Crippen molar-refractivity contribution in [2.45, 2.75) is 6.42 Å². The molecule has 0 aliphatic carbocycles. The van der Waals surface area contributed by atoms with Crippen molar-refractivity contribution < 1.29 is 60.0 Å². The first kappa shape index (κ1) is 37.4. The van der Waals surface area contributed by atoms with E-state index in [1.54, 1.807) is 0 Å². The minimum atomic E-state index is -0.981. The van der Waals surface area contributed by atoms with Crippen LogP contribution in [0, 0.1) is 5.41 Å². The summed E-state index contributed by atoms with van der Waals surface area (Å²) in [5, 5.41) is 64.9. The smallest absolute Gasteiger partial charge is 0.327 e. The van der Waals surface area contributed by atoms with E-state index in [2.05, 4.69) is 26.3 Å². The normalized spacial score (nSPS) is 8.27. The van der Waals surface area contributed by atoms with E-state index in [4.69, 9.17) is 40.9 Å². The molecule has 0 spiro atoms. The van der Waals surface area contributed by atoms with Crippen LogP contribution < -0.4 is 0 Å². The third kappa shape index (κ3) is 44.3. The molecule has 0 saturated carbocycles. The Kier molecular flexibility index (Phi) is 34.8. The molecular formula is C18H30O12. The van der Waals surface area contributed by atoms with Crippen molar-refractivity contribution in [1.82, 2.24) is 0 Å². The lowest BCUT2D eigenvalue weighted by molar-refractivity contribution is -0.132. The van der Waals surface area contributed by atoms with E-state index in [0.29, 0.717) is 0 Å². The van der Waals surface area contributed by atoms with E-state index in [1.165, 1.54) is 0 Å². The number of hydrogen-bond acceptors (Lipinski definition) is 8. The van der Waals surface area contributed by atoms with Crippen LogP contribution in [0.4, 0.5) is 0 Å². The number of rotatable bonds is 9. The van der Waals surface area contributed by atoms with Crippen LogP contribution in [0.2, 0.25) is 0 Å². The van der Waals surface area contributed by atoms with Gasteiger partial charge >= 0.3 is 23.9 Å². The number of aliphatic hydroxyl groups is 4. The molecule has 0 unspecified atom stereocenters. The average Bonchev–Trinajstić information content (AvgIpc) is 2.73. The van der Waals surface area contributed by atoms with Crippen LogP contribution in [0.3, 0.4) is 0 Å². The predicted molar refractivity (Wildman–Crippen MR) is 107 cm³/mol. The van der Waals surface area contributed by atoms with Gasteiger partial charge in [0.2, 0.25) is 0 Å². The Morgan fingerprint density at radius 2 is 0.733 bits per heavy atom. The molecule has 0 atom stereocenters. The summed E-state index contributed by atoms with van der Waals surface area (Å²) in [6.07, 6.45) is 3.55. The molecule has 8 N–H and O–H groups in total. The Balaban J connectivity index is -0.0000000908. The van der Waals surface area contributed by atoms with Gasteiger partial charge in [0.25, 0.3) is 0 Å². The van der Waals surface area contributed by atoms with Gasteiger partial charge in [-0.15, -0.1) is 0 Å². The molecule has 0 aromatic rings. The Bertz CT molecular complexity index is 441. The molecular weight excluding hydrogens is 408 g/mol. The lowest BCUT2D eigenvalue weighted by Gasteiger charge is -2.25. The standard InChI is InChI=1S/C6H14O4.4C3H4O2/c7-2-1-6(3-8,4-9)5-10;4*1-2-3(4)5/h7-10H,1-5H2;4*2H,1H2,(H,4,5). The molecule has 0 aromatic heterocycles. The second kappa shape index (κ2) is 27.9. The number of carbonyl (C=O) groups is 4. The SMILES string of the molecule is C=CC(=O)O.C=CC(=O)O.C=CC(=O)O.C=CC(=O)O.OCCC(CO)(CO)CO. The van der Waals surface area contributed by atoms with E-state index in [-0.39, 0.29) is 32.8 Å². The molecule has 12 nitrogen and oxygen atoms in total. The summed E-state index contributed by atoms with van der Waals surface area (Å²) in [6.45, 7) is 10.8. The summed E-state index contributed by atoms with van der Waals surface area (Å²) in [6, 6.07) is 0. The number of hydrogen-bond donors (Lipinski definition) is 8. The van der Waals surface area contributed by atoms with Gasteiger partial charge in [-0.05, 0) is 6.42 Å². The number of carboxylic acids is 4. The highest BCUT2D eigenvalue weighted by Crippen LogP contribution is 2.18. The van der Waals surface area contributed by atoms with Gasteiger partial charge in [-0.25, -0.2) is 19.2 Å².